The molecule has 0 aliphatic carbocycles. The summed E-state index contributed by atoms with van der Waals surface area (Å²) in [5.74, 6) is -0.353. The smallest absolute Gasteiger partial charge is 0.262 e. The topological polar surface area (TPSA) is 49.4 Å². The van der Waals surface area contributed by atoms with Crippen molar-refractivity contribution in [3.8, 4) is 10.4 Å². The molecule has 6 heteroatoms. The summed E-state index contributed by atoms with van der Waals surface area (Å²) >= 11 is 4.81. The zero-order valence-corrected chi connectivity index (χ0v) is 15.0. The highest BCUT2D eigenvalue weighted by atomic mass is 79.9. The molecule has 0 spiro atoms. The van der Waals surface area contributed by atoms with E-state index < -0.39 is 6.04 Å². The molecule has 1 heterocycles. The Morgan fingerprint density at radius 3 is 2.36 bits per heavy atom. The molecule has 0 fully saturated rings. The molecule has 2 aromatic rings. The highest BCUT2D eigenvalue weighted by Crippen LogP contribution is 2.29. The molecule has 0 bridgehead atoms. The molecule has 1 atom stereocenters. The minimum absolute atomic E-state index is 0.127. The zero-order valence-electron chi connectivity index (χ0n) is 12.6. The summed E-state index contributed by atoms with van der Waals surface area (Å²) in [5, 5.41) is 2.72. The van der Waals surface area contributed by atoms with E-state index in [2.05, 4.69) is 21.2 Å². The molecule has 1 aromatic carbocycles. The standard InChI is InChI=1S/C16H17BrN2O2S/c1-10(16(21)19(2)3)18-15(20)14-9-8-13(22-14)11-4-6-12(17)7-5-11/h4-10H,1-3H3,(H,18,20)/t10-/m0/s1. The third-order valence-corrected chi connectivity index (χ3v) is 4.78. The number of carbonyl (C=O) groups excluding carboxylic acids is 2. The van der Waals surface area contributed by atoms with Crippen LogP contribution in [0, 0.1) is 0 Å². The lowest BCUT2D eigenvalue weighted by molar-refractivity contribution is -0.130. The van der Waals surface area contributed by atoms with E-state index in [0.717, 1.165) is 14.9 Å². The van der Waals surface area contributed by atoms with Crippen LogP contribution in [0.4, 0.5) is 0 Å². The van der Waals surface area contributed by atoms with Crippen LogP contribution >= 0.6 is 27.3 Å². The number of likely N-dealkylation sites (N-methyl/N-ethyl adjacent to an activating group) is 1. The lowest BCUT2D eigenvalue weighted by Crippen LogP contribution is -2.44. The van der Waals surface area contributed by atoms with E-state index in [9.17, 15) is 9.59 Å². The molecule has 0 aliphatic rings. The fraction of sp³-hybridized carbons (Fsp3) is 0.250. The number of amides is 2. The Labute approximate surface area is 142 Å². The lowest BCUT2D eigenvalue weighted by Gasteiger charge is -2.17. The summed E-state index contributed by atoms with van der Waals surface area (Å²) in [7, 11) is 3.34. The highest BCUT2D eigenvalue weighted by molar-refractivity contribution is 9.10. The van der Waals surface area contributed by atoms with E-state index in [0.29, 0.717) is 4.88 Å². The third kappa shape index (κ3) is 3.96. The first kappa shape index (κ1) is 16.7. The van der Waals surface area contributed by atoms with Crippen molar-refractivity contribution in [2.75, 3.05) is 14.1 Å². The molecule has 4 nitrogen and oxygen atoms in total. The molecule has 0 unspecified atom stereocenters. The Kier molecular flexibility index (Phi) is 5.37. The summed E-state index contributed by atoms with van der Waals surface area (Å²) in [6.07, 6.45) is 0. The van der Waals surface area contributed by atoms with E-state index in [-0.39, 0.29) is 11.8 Å². The van der Waals surface area contributed by atoms with Gasteiger partial charge in [-0.1, -0.05) is 28.1 Å². The zero-order chi connectivity index (χ0) is 16.3. The molecule has 0 saturated heterocycles. The van der Waals surface area contributed by atoms with Crippen LogP contribution < -0.4 is 5.32 Å². The third-order valence-electron chi connectivity index (χ3n) is 3.12. The van der Waals surface area contributed by atoms with Gasteiger partial charge >= 0.3 is 0 Å². The van der Waals surface area contributed by atoms with Gasteiger partial charge in [0.25, 0.3) is 5.91 Å². The van der Waals surface area contributed by atoms with Crippen LogP contribution in [-0.2, 0) is 4.79 Å². The first-order valence-electron chi connectivity index (χ1n) is 6.76. The van der Waals surface area contributed by atoms with Crippen LogP contribution in [0.15, 0.2) is 40.9 Å². The SMILES string of the molecule is C[C@H](NC(=O)c1ccc(-c2ccc(Br)cc2)s1)C(=O)N(C)C. The Morgan fingerprint density at radius 2 is 1.77 bits per heavy atom. The van der Waals surface area contributed by atoms with E-state index in [1.165, 1.54) is 16.2 Å². The van der Waals surface area contributed by atoms with Gasteiger partial charge in [0.15, 0.2) is 0 Å². The van der Waals surface area contributed by atoms with Crippen molar-refractivity contribution < 1.29 is 9.59 Å². The van der Waals surface area contributed by atoms with Crippen LogP contribution in [0.1, 0.15) is 16.6 Å². The molecule has 1 N–H and O–H groups in total. The van der Waals surface area contributed by atoms with Gasteiger partial charge in [0.2, 0.25) is 5.91 Å². The summed E-state index contributed by atoms with van der Waals surface area (Å²) < 4.78 is 1.02. The van der Waals surface area contributed by atoms with Crippen LogP contribution in [0.5, 0.6) is 0 Å². The average Bonchev–Trinajstić information content (AvgIpc) is 2.96. The average molecular weight is 381 g/mol. The van der Waals surface area contributed by atoms with E-state index in [1.807, 2.05) is 30.3 Å². The monoisotopic (exact) mass is 380 g/mol. The van der Waals surface area contributed by atoms with Gasteiger partial charge in [-0.05, 0) is 36.8 Å². The van der Waals surface area contributed by atoms with Gasteiger partial charge < -0.3 is 10.2 Å². The molecular weight excluding hydrogens is 364 g/mol. The Bertz CT molecular complexity index is 680. The van der Waals surface area contributed by atoms with Crippen LogP contribution in [0.2, 0.25) is 0 Å². The first-order chi connectivity index (χ1) is 10.4. The van der Waals surface area contributed by atoms with Crippen molar-refractivity contribution in [2.24, 2.45) is 0 Å². The normalized spacial score (nSPS) is 11.8. The summed E-state index contributed by atoms with van der Waals surface area (Å²) in [4.78, 5) is 27.1. The number of carbonyl (C=O) groups is 2. The molecule has 2 rings (SSSR count). The summed E-state index contributed by atoms with van der Waals surface area (Å²) in [5.41, 5.74) is 1.06. The van der Waals surface area contributed by atoms with Crippen LogP contribution in [-0.4, -0.2) is 36.9 Å². The molecule has 22 heavy (non-hydrogen) atoms. The maximum atomic E-state index is 12.2. The molecule has 2 amide bonds. The van der Waals surface area contributed by atoms with Crippen LogP contribution in [0.25, 0.3) is 10.4 Å². The van der Waals surface area contributed by atoms with Gasteiger partial charge in [-0.25, -0.2) is 0 Å². The van der Waals surface area contributed by atoms with Crippen molar-refractivity contribution in [3.63, 3.8) is 0 Å². The van der Waals surface area contributed by atoms with E-state index >= 15 is 0 Å². The Balaban J connectivity index is 2.09. The quantitative estimate of drug-likeness (QED) is 0.883. The van der Waals surface area contributed by atoms with Gasteiger partial charge in [0.05, 0.1) is 4.88 Å². The second-order valence-corrected chi connectivity index (χ2v) is 7.10. The van der Waals surface area contributed by atoms with E-state index in [1.54, 1.807) is 27.1 Å². The predicted molar refractivity (Wildman–Crippen MR) is 93.1 cm³/mol. The van der Waals surface area contributed by atoms with Gasteiger partial charge in [0, 0.05) is 23.4 Å². The summed E-state index contributed by atoms with van der Waals surface area (Å²) in [6.45, 7) is 1.68. The van der Waals surface area contributed by atoms with Gasteiger partial charge in [-0.15, -0.1) is 11.3 Å². The second-order valence-electron chi connectivity index (χ2n) is 5.10. The largest absolute Gasteiger partial charge is 0.347 e. The van der Waals surface area contributed by atoms with Crippen molar-refractivity contribution in [2.45, 2.75) is 13.0 Å². The van der Waals surface area contributed by atoms with Crippen molar-refractivity contribution >= 4 is 39.1 Å². The van der Waals surface area contributed by atoms with Gasteiger partial charge in [-0.3, -0.25) is 9.59 Å². The fourth-order valence-electron chi connectivity index (χ4n) is 1.95. The number of nitrogens with zero attached hydrogens (tertiary/aromatic N) is 1. The van der Waals surface area contributed by atoms with Gasteiger partial charge in [0.1, 0.15) is 6.04 Å². The van der Waals surface area contributed by atoms with Crippen LogP contribution in [0.3, 0.4) is 0 Å². The maximum Gasteiger partial charge on any atom is 0.262 e. The molecule has 0 saturated carbocycles. The van der Waals surface area contributed by atoms with Crippen molar-refractivity contribution in [1.29, 1.82) is 0 Å². The number of hydrogen-bond acceptors (Lipinski definition) is 3. The number of thiophene rings is 1. The molecule has 116 valence electrons. The lowest BCUT2D eigenvalue weighted by atomic mass is 10.2. The maximum absolute atomic E-state index is 12.2. The predicted octanol–water partition coefficient (Wildman–Crippen LogP) is 3.38. The second kappa shape index (κ2) is 7.07. The molecule has 1 aromatic heterocycles. The molecule has 0 aliphatic heterocycles. The number of rotatable bonds is 4. The first-order valence-corrected chi connectivity index (χ1v) is 8.37. The van der Waals surface area contributed by atoms with E-state index in [4.69, 9.17) is 0 Å². The summed E-state index contributed by atoms with van der Waals surface area (Å²) in [6, 6.07) is 11.1. The minimum atomic E-state index is -0.541. The minimum Gasteiger partial charge on any atom is -0.347 e. The fourth-order valence-corrected chi connectivity index (χ4v) is 3.13. The Hall–Kier alpha value is -1.66. The number of halogens is 1. The number of nitrogens with one attached hydrogen (secondary N) is 1. The molecular formula is C16H17BrN2O2S. The number of benzene rings is 1. The van der Waals surface area contributed by atoms with Gasteiger partial charge in [-0.2, -0.15) is 0 Å². The van der Waals surface area contributed by atoms with Crippen molar-refractivity contribution in [3.05, 3.63) is 45.7 Å². The van der Waals surface area contributed by atoms with Crippen molar-refractivity contribution in [1.82, 2.24) is 10.2 Å². The Morgan fingerprint density at radius 1 is 1.14 bits per heavy atom. The highest BCUT2D eigenvalue weighted by Gasteiger charge is 2.19. The molecule has 0 radical (unpaired) electrons. The number of hydrogen-bond donors (Lipinski definition) is 1.